The van der Waals surface area contributed by atoms with Gasteiger partial charge in [0, 0.05) is 53.7 Å². The molecule has 0 saturated heterocycles. The van der Waals surface area contributed by atoms with Crippen LogP contribution in [0.2, 0.25) is 13.1 Å². The summed E-state index contributed by atoms with van der Waals surface area (Å²) in [6, 6.07) is 58.2. The maximum absolute atomic E-state index is 2.53. The molecule has 2 aromatic heterocycles. The van der Waals surface area contributed by atoms with Gasteiger partial charge in [-0.15, -0.1) is 11.3 Å². The van der Waals surface area contributed by atoms with Gasteiger partial charge in [-0.05, 0) is 82.2 Å². The number of thiophene rings is 1. The molecule has 9 aromatic rings. The average Bonchev–Trinajstić information content (AvgIpc) is 3.75. The maximum atomic E-state index is 2.53. The maximum Gasteiger partial charge on any atom is 0.114 e. The quantitative estimate of drug-likeness (QED) is 0.172. The van der Waals surface area contributed by atoms with Crippen LogP contribution in [0.3, 0.4) is 0 Å². The van der Waals surface area contributed by atoms with E-state index in [1.54, 1.807) is 5.19 Å². The van der Waals surface area contributed by atoms with Gasteiger partial charge in [-0.2, -0.15) is 0 Å². The van der Waals surface area contributed by atoms with E-state index in [0.717, 1.165) is 11.4 Å². The van der Waals surface area contributed by atoms with E-state index in [-0.39, 0.29) is 0 Å². The molecule has 7 aromatic carbocycles. The number of nitrogens with zero attached hydrogens (tertiary/aromatic N) is 2. The van der Waals surface area contributed by atoms with Crippen LogP contribution in [-0.4, -0.2) is 12.6 Å². The number of hydrogen-bond donors (Lipinski definition) is 0. The van der Waals surface area contributed by atoms with Gasteiger partial charge in [0.25, 0.3) is 0 Å². The van der Waals surface area contributed by atoms with Crippen molar-refractivity contribution in [2.45, 2.75) is 13.1 Å². The van der Waals surface area contributed by atoms with Crippen LogP contribution >= 0.6 is 11.3 Å². The van der Waals surface area contributed by atoms with Crippen molar-refractivity contribution in [1.82, 2.24) is 4.57 Å². The fourth-order valence-electron chi connectivity index (χ4n) is 8.11. The van der Waals surface area contributed by atoms with Crippen molar-refractivity contribution in [3.63, 3.8) is 0 Å². The zero-order chi connectivity index (χ0) is 32.0. The number of anilines is 3. The molecule has 2 nitrogen and oxygen atoms in total. The van der Waals surface area contributed by atoms with Crippen LogP contribution in [-0.2, 0) is 0 Å². The normalized spacial score (nSPS) is 13.4. The van der Waals surface area contributed by atoms with E-state index >= 15 is 0 Å². The largest absolute Gasteiger partial charge is 0.310 e. The van der Waals surface area contributed by atoms with Crippen LogP contribution < -0.4 is 15.3 Å². The number of hydrogen-bond acceptors (Lipinski definition) is 2. The van der Waals surface area contributed by atoms with Gasteiger partial charge in [-0.3, -0.25) is 0 Å². The highest BCUT2D eigenvalue weighted by Crippen LogP contribution is 2.44. The zero-order valence-electron chi connectivity index (χ0n) is 26.8. The molecule has 228 valence electrons. The fourth-order valence-corrected chi connectivity index (χ4v) is 12.5. The highest BCUT2D eigenvalue weighted by molar-refractivity contribution is 7.26. The molecule has 1 aliphatic rings. The van der Waals surface area contributed by atoms with Gasteiger partial charge in [0.1, 0.15) is 8.07 Å². The van der Waals surface area contributed by atoms with Crippen molar-refractivity contribution in [3.05, 3.63) is 158 Å². The minimum Gasteiger partial charge on any atom is -0.310 e. The molecule has 48 heavy (non-hydrogen) atoms. The lowest BCUT2D eigenvalue weighted by Crippen LogP contribution is -2.49. The Morgan fingerprint density at radius 1 is 0.500 bits per heavy atom. The van der Waals surface area contributed by atoms with Crippen molar-refractivity contribution >= 4 is 88.8 Å². The standard InChI is InChI=1S/C44H32N2SSi/c1-48(2)41-26-25-36-35-18-10-12-20-40(35)47-44(36)43(41)37-24-22-32(28-42(37)48)45(29-13-5-3-6-14-29)31-21-23-34-33-17-9-11-19-38(33)46(39(34)27-31)30-15-7-4-8-16-30/h3-28H,1-2H3. The minimum absolute atomic E-state index is 1.15. The number of aromatic nitrogens is 1. The Balaban J connectivity index is 1.20. The lowest BCUT2D eigenvalue weighted by atomic mass is 10.0. The summed E-state index contributed by atoms with van der Waals surface area (Å²) in [6.45, 7) is 5.05. The van der Waals surface area contributed by atoms with Crippen LogP contribution in [0.15, 0.2) is 158 Å². The van der Waals surface area contributed by atoms with Crippen molar-refractivity contribution in [2.75, 3.05) is 4.90 Å². The fraction of sp³-hybridized carbons (Fsp3) is 0.0455. The minimum atomic E-state index is -1.97. The molecular weight excluding hydrogens is 617 g/mol. The first kappa shape index (κ1) is 27.7. The summed E-state index contributed by atoms with van der Waals surface area (Å²) in [5.74, 6) is 0. The van der Waals surface area contributed by atoms with Gasteiger partial charge < -0.3 is 9.47 Å². The van der Waals surface area contributed by atoms with Crippen LogP contribution in [0.25, 0.3) is 58.8 Å². The lowest BCUT2D eigenvalue weighted by Gasteiger charge is -2.27. The molecule has 0 bridgehead atoms. The predicted molar refractivity (Wildman–Crippen MR) is 211 cm³/mol. The first-order chi connectivity index (χ1) is 23.6. The molecular formula is C44H32N2SSi. The topological polar surface area (TPSA) is 8.17 Å². The van der Waals surface area contributed by atoms with E-state index in [9.17, 15) is 0 Å². The van der Waals surface area contributed by atoms with Gasteiger partial charge in [-0.25, -0.2) is 0 Å². The van der Waals surface area contributed by atoms with Gasteiger partial charge in [0.15, 0.2) is 0 Å². The third kappa shape index (κ3) is 3.90. The molecule has 0 fully saturated rings. The SMILES string of the molecule is C[Si]1(C)c2cc(N(c3ccccc3)c3ccc4c5ccccc5n(-c5ccccc5)c4c3)ccc2-c2c1ccc1c2sc2ccccc21. The van der Waals surface area contributed by atoms with E-state index in [0.29, 0.717) is 0 Å². The van der Waals surface area contributed by atoms with E-state index in [2.05, 4.69) is 180 Å². The van der Waals surface area contributed by atoms with Crippen molar-refractivity contribution in [3.8, 4) is 16.8 Å². The smallest absolute Gasteiger partial charge is 0.114 e. The highest BCUT2D eigenvalue weighted by atomic mass is 32.1. The molecule has 0 unspecified atom stereocenters. The Morgan fingerprint density at radius 2 is 1.15 bits per heavy atom. The molecule has 0 aliphatic carbocycles. The van der Waals surface area contributed by atoms with Crippen molar-refractivity contribution in [2.24, 2.45) is 0 Å². The molecule has 1 aliphatic heterocycles. The molecule has 0 radical (unpaired) electrons. The number of fused-ring (bicyclic) bond motifs is 10. The second-order valence-corrected chi connectivity index (χ2v) is 18.8. The number of para-hydroxylation sites is 3. The molecule has 0 saturated carbocycles. The van der Waals surface area contributed by atoms with E-state index in [4.69, 9.17) is 0 Å². The molecule has 4 heteroatoms. The third-order valence-electron chi connectivity index (χ3n) is 10.4. The summed E-state index contributed by atoms with van der Waals surface area (Å²) in [5.41, 5.74) is 9.97. The van der Waals surface area contributed by atoms with Gasteiger partial charge >= 0.3 is 0 Å². The summed E-state index contributed by atoms with van der Waals surface area (Å²) < 4.78 is 5.20. The summed E-state index contributed by atoms with van der Waals surface area (Å²) in [4.78, 5) is 2.44. The summed E-state index contributed by atoms with van der Waals surface area (Å²) in [5, 5.41) is 8.34. The third-order valence-corrected chi connectivity index (χ3v) is 15.1. The first-order valence-corrected chi connectivity index (χ1v) is 20.4. The second kappa shape index (κ2) is 10.3. The Labute approximate surface area is 284 Å². The molecule has 0 N–H and O–H groups in total. The predicted octanol–water partition coefficient (Wildman–Crippen LogP) is 11.4. The summed E-state index contributed by atoms with van der Waals surface area (Å²) >= 11 is 1.95. The Kier molecular flexibility index (Phi) is 5.93. The molecule has 3 heterocycles. The summed E-state index contributed by atoms with van der Waals surface area (Å²) in [7, 11) is -1.97. The monoisotopic (exact) mass is 648 g/mol. The average molecular weight is 649 g/mol. The van der Waals surface area contributed by atoms with Crippen LogP contribution in [0.4, 0.5) is 17.1 Å². The Hall–Kier alpha value is -5.42. The molecule has 10 rings (SSSR count). The van der Waals surface area contributed by atoms with E-state index in [1.807, 2.05) is 11.3 Å². The lowest BCUT2D eigenvalue weighted by molar-refractivity contribution is 1.18. The second-order valence-electron chi connectivity index (χ2n) is 13.4. The molecule has 0 atom stereocenters. The highest BCUT2D eigenvalue weighted by Gasteiger charge is 2.39. The van der Waals surface area contributed by atoms with Gasteiger partial charge in [0.2, 0.25) is 0 Å². The number of benzene rings is 7. The van der Waals surface area contributed by atoms with Crippen LogP contribution in [0.1, 0.15) is 0 Å². The first-order valence-electron chi connectivity index (χ1n) is 16.6. The Bertz CT molecular complexity index is 2700. The van der Waals surface area contributed by atoms with E-state index in [1.165, 1.54) is 69.7 Å². The van der Waals surface area contributed by atoms with Gasteiger partial charge in [-0.1, -0.05) is 110 Å². The summed E-state index contributed by atoms with van der Waals surface area (Å²) in [6.07, 6.45) is 0. The zero-order valence-corrected chi connectivity index (χ0v) is 28.6. The van der Waals surface area contributed by atoms with Crippen LogP contribution in [0.5, 0.6) is 0 Å². The Morgan fingerprint density at radius 3 is 1.98 bits per heavy atom. The van der Waals surface area contributed by atoms with Crippen molar-refractivity contribution < 1.29 is 0 Å². The van der Waals surface area contributed by atoms with Gasteiger partial charge in [0.05, 0.1) is 11.0 Å². The number of rotatable bonds is 4. The molecule has 0 spiro atoms. The van der Waals surface area contributed by atoms with Crippen molar-refractivity contribution in [1.29, 1.82) is 0 Å². The van der Waals surface area contributed by atoms with E-state index < -0.39 is 8.07 Å². The van der Waals surface area contributed by atoms with Crippen LogP contribution in [0, 0.1) is 0 Å². The molecule has 0 amide bonds.